The number of aromatic nitrogens is 3. The Hall–Kier alpha value is -5.88. The number of likely N-dealkylation sites (tertiary alicyclic amines) is 1. The average Bonchev–Trinajstić information content (AvgIpc) is 3.81. The van der Waals surface area contributed by atoms with E-state index in [9.17, 15) is 19.2 Å². The lowest BCUT2D eigenvalue weighted by Crippen LogP contribution is -2.50. The van der Waals surface area contributed by atoms with Crippen LogP contribution in [-0.4, -0.2) is 99.6 Å². The summed E-state index contributed by atoms with van der Waals surface area (Å²) in [4.78, 5) is 59.9. The molecule has 6 heterocycles. The van der Waals surface area contributed by atoms with Crippen molar-refractivity contribution in [1.29, 1.82) is 0 Å². The molecule has 0 radical (unpaired) electrons. The highest BCUT2D eigenvalue weighted by molar-refractivity contribution is 7.15. The molecule has 3 N–H and O–H groups in total. The molecule has 2 aromatic heterocycles. The number of aryl methyl sites for hydroxylation is 1. The molecule has 15 heteroatoms. The number of imide groups is 1. The third-order valence-electron chi connectivity index (χ3n) is 10.9. The van der Waals surface area contributed by atoms with Crippen molar-refractivity contribution in [1.82, 2.24) is 35.2 Å². The number of rotatable bonds is 11. The fourth-order valence-electron chi connectivity index (χ4n) is 7.90. The highest BCUT2D eigenvalue weighted by atomic mass is 35.5. The van der Waals surface area contributed by atoms with Gasteiger partial charge < -0.3 is 20.7 Å². The van der Waals surface area contributed by atoms with E-state index in [1.807, 2.05) is 44.3 Å². The molecule has 2 unspecified atom stereocenters. The number of nitrogens with zero attached hydrogens (tertiary/aromatic N) is 6. The zero-order chi connectivity index (χ0) is 40.7. The Morgan fingerprint density at radius 1 is 1.10 bits per heavy atom. The Labute approximate surface area is 345 Å². The first-order valence-electron chi connectivity index (χ1n) is 19.2. The normalized spacial score (nSPS) is 19.0. The quantitative estimate of drug-likeness (QED) is 0.108. The summed E-state index contributed by atoms with van der Waals surface area (Å²) in [6, 6.07) is 11.5. The van der Waals surface area contributed by atoms with E-state index >= 15 is 0 Å². The number of nitrogens with one attached hydrogen (secondary N) is 3. The van der Waals surface area contributed by atoms with Gasteiger partial charge in [0.1, 0.15) is 35.2 Å². The number of anilines is 1. The molecule has 8 rings (SSSR count). The molecule has 0 aliphatic carbocycles. The number of carbonyl (C=O) groups excluding carboxylic acids is 4. The molecule has 1 fully saturated rings. The minimum atomic E-state index is -1.06. The number of fused-ring (bicyclic) bond motifs is 4. The molecule has 4 aliphatic rings. The third kappa shape index (κ3) is 7.25. The van der Waals surface area contributed by atoms with Gasteiger partial charge >= 0.3 is 0 Å². The van der Waals surface area contributed by atoms with Gasteiger partial charge in [-0.15, -0.1) is 21.5 Å². The summed E-state index contributed by atoms with van der Waals surface area (Å²) >= 11 is 7.87. The lowest BCUT2D eigenvalue weighted by Gasteiger charge is -2.40. The number of aliphatic imine (C=N–C) groups is 1. The van der Waals surface area contributed by atoms with Crippen LogP contribution < -0.4 is 16.0 Å². The molecule has 3 atom stereocenters. The summed E-state index contributed by atoms with van der Waals surface area (Å²) in [7, 11) is 1.44. The summed E-state index contributed by atoms with van der Waals surface area (Å²) in [5.74, 6) is 7.28. The molecular formula is C43H42ClN9O4S. The van der Waals surface area contributed by atoms with Crippen LogP contribution in [0.4, 0.5) is 5.69 Å². The Morgan fingerprint density at radius 2 is 1.90 bits per heavy atom. The molecule has 4 aromatic rings. The Bertz CT molecular complexity index is 2490. The van der Waals surface area contributed by atoms with E-state index in [1.54, 1.807) is 29.5 Å². The number of carbonyl (C=O) groups is 4. The van der Waals surface area contributed by atoms with Crippen LogP contribution in [0, 0.1) is 31.6 Å². The molecular weight excluding hydrogens is 774 g/mol. The van der Waals surface area contributed by atoms with Crippen molar-refractivity contribution < 1.29 is 19.2 Å². The smallest absolute Gasteiger partial charge is 0.264 e. The monoisotopic (exact) mass is 815 g/mol. The van der Waals surface area contributed by atoms with Gasteiger partial charge in [0.2, 0.25) is 5.91 Å². The molecule has 4 aliphatic heterocycles. The largest absolute Gasteiger partial charge is 0.384 e. The summed E-state index contributed by atoms with van der Waals surface area (Å²) in [5, 5.41) is 19.9. The van der Waals surface area contributed by atoms with Crippen molar-refractivity contribution in [3.63, 3.8) is 0 Å². The van der Waals surface area contributed by atoms with E-state index < -0.39 is 23.8 Å². The van der Waals surface area contributed by atoms with Gasteiger partial charge in [-0.2, -0.15) is 0 Å². The number of thiophene rings is 1. The topological polar surface area (TPSA) is 154 Å². The van der Waals surface area contributed by atoms with Crippen molar-refractivity contribution in [2.75, 3.05) is 38.5 Å². The first-order chi connectivity index (χ1) is 28.1. The van der Waals surface area contributed by atoms with Gasteiger partial charge in [0.05, 0.1) is 21.7 Å². The Kier molecular flexibility index (Phi) is 10.9. The van der Waals surface area contributed by atoms with Crippen LogP contribution in [-0.2, 0) is 9.59 Å². The van der Waals surface area contributed by atoms with Gasteiger partial charge in [-0.05, 0) is 68.7 Å². The summed E-state index contributed by atoms with van der Waals surface area (Å²) in [6.45, 7) is 9.25. The summed E-state index contributed by atoms with van der Waals surface area (Å²) in [6.07, 6.45) is 7.04. The van der Waals surface area contributed by atoms with Crippen LogP contribution in [0.3, 0.4) is 0 Å². The molecule has 2 aromatic carbocycles. The predicted octanol–water partition coefficient (Wildman–Crippen LogP) is 5.01. The average molecular weight is 816 g/mol. The van der Waals surface area contributed by atoms with Gasteiger partial charge in [-0.3, -0.25) is 33.7 Å². The maximum absolute atomic E-state index is 13.5. The molecule has 0 spiro atoms. The minimum Gasteiger partial charge on any atom is -0.384 e. The fraction of sp³-hybridized carbons (Fsp3) is 0.326. The summed E-state index contributed by atoms with van der Waals surface area (Å²) < 4.78 is 2.11. The number of hydrogen-bond acceptors (Lipinski definition) is 11. The Balaban J connectivity index is 0.881. The molecule has 296 valence electrons. The zero-order valence-corrected chi connectivity index (χ0v) is 34.1. The molecule has 0 saturated carbocycles. The van der Waals surface area contributed by atoms with Crippen LogP contribution in [0.15, 0.2) is 71.4 Å². The standard InChI is InChI=1S/C43H42ClN9O4S/c1-24-35(58-43-36(24)38(29-11-13-30(44)14-12-29)48-25(2)39-50-49-26(3)52(39)43)17-16-31-15-10-27(19-46-31)21-51-22-28(23-51)20-47-33-8-5-7-32-37(33)42(57)53(41(32)56)34(9-6-18-54)40(55)45-4/h5,7-8,10-15,18-19,25,28,31,34,46-47H,6,9,20-23H2,1-4H3,(H,45,55)/t25-,31?,34?/m0/s1. The second kappa shape index (κ2) is 16.2. The van der Waals surface area contributed by atoms with Crippen LogP contribution in [0.5, 0.6) is 0 Å². The van der Waals surface area contributed by atoms with E-state index in [-0.39, 0.29) is 36.1 Å². The number of halogens is 1. The number of aldehydes is 1. The lowest BCUT2D eigenvalue weighted by atomic mass is 9.98. The van der Waals surface area contributed by atoms with Crippen molar-refractivity contribution in [3.8, 4) is 16.8 Å². The number of hydrogen-bond donors (Lipinski definition) is 3. The Morgan fingerprint density at radius 3 is 2.62 bits per heavy atom. The van der Waals surface area contributed by atoms with E-state index in [0.717, 1.165) is 74.0 Å². The first-order valence-corrected chi connectivity index (χ1v) is 20.4. The highest BCUT2D eigenvalue weighted by Gasteiger charge is 2.44. The van der Waals surface area contributed by atoms with E-state index in [0.29, 0.717) is 29.5 Å². The molecule has 13 nitrogen and oxygen atoms in total. The number of amides is 3. The van der Waals surface area contributed by atoms with Gasteiger partial charge in [0.15, 0.2) is 5.82 Å². The van der Waals surface area contributed by atoms with E-state index in [4.69, 9.17) is 16.6 Å². The van der Waals surface area contributed by atoms with Crippen LogP contribution in [0.1, 0.15) is 79.7 Å². The van der Waals surface area contributed by atoms with Crippen LogP contribution in [0.25, 0.3) is 5.00 Å². The van der Waals surface area contributed by atoms with Crippen molar-refractivity contribution in [3.05, 3.63) is 116 Å². The predicted molar refractivity (Wildman–Crippen MR) is 224 cm³/mol. The zero-order valence-electron chi connectivity index (χ0n) is 32.5. The lowest BCUT2D eigenvalue weighted by molar-refractivity contribution is -0.124. The van der Waals surface area contributed by atoms with Crippen molar-refractivity contribution in [2.45, 2.75) is 51.7 Å². The van der Waals surface area contributed by atoms with Gasteiger partial charge in [0.25, 0.3) is 11.8 Å². The van der Waals surface area contributed by atoms with Crippen LogP contribution in [0.2, 0.25) is 5.02 Å². The molecule has 3 amide bonds. The minimum absolute atomic E-state index is 0.0549. The maximum Gasteiger partial charge on any atom is 0.264 e. The third-order valence-corrected chi connectivity index (χ3v) is 12.4. The van der Waals surface area contributed by atoms with Crippen molar-refractivity contribution >= 4 is 58.3 Å². The SMILES string of the molecule is CNC(=O)C(CCC=O)N1C(=O)c2cccc(NCC3CN(CC4=CNC(C#Cc5sc6c(c5C)C(c5ccc(Cl)cc5)=N[C@@H](C)c5nnc(C)n5-6)C=C4)C3)c2C1=O. The van der Waals surface area contributed by atoms with Gasteiger partial charge in [-0.25, -0.2) is 0 Å². The molecule has 0 bridgehead atoms. The van der Waals surface area contributed by atoms with Crippen molar-refractivity contribution in [2.24, 2.45) is 10.9 Å². The maximum atomic E-state index is 13.5. The van der Waals surface area contributed by atoms with E-state index in [2.05, 4.69) is 66.5 Å². The number of dihydropyridines is 1. The number of benzene rings is 2. The number of likely N-dealkylation sites (N-methyl/N-ethyl adjacent to an activating group) is 1. The summed E-state index contributed by atoms with van der Waals surface area (Å²) in [5.41, 5.74) is 6.20. The van der Waals surface area contributed by atoms with Gasteiger partial charge in [-0.1, -0.05) is 47.7 Å². The molecule has 1 saturated heterocycles. The fourth-order valence-corrected chi connectivity index (χ4v) is 9.25. The highest BCUT2D eigenvalue weighted by Crippen LogP contribution is 2.39. The first kappa shape index (κ1) is 39.0. The van der Waals surface area contributed by atoms with Gasteiger partial charge in [0, 0.05) is 73.6 Å². The van der Waals surface area contributed by atoms with E-state index in [1.165, 1.54) is 7.05 Å². The van der Waals surface area contributed by atoms with Crippen LogP contribution >= 0.6 is 22.9 Å². The second-order valence-corrected chi connectivity index (χ2v) is 16.3. The molecule has 58 heavy (non-hydrogen) atoms. The second-order valence-electron chi connectivity index (χ2n) is 14.9.